The molecule has 0 radical (unpaired) electrons. The number of nitrogens with zero attached hydrogens (tertiary/aromatic N) is 4. The zero-order chi connectivity index (χ0) is 20.6. The maximum Gasteiger partial charge on any atom is 0.144 e. The van der Waals surface area contributed by atoms with Crippen molar-refractivity contribution in [3.05, 3.63) is 60.1 Å². The monoisotopic (exact) mass is 383 g/mol. The lowest BCUT2D eigenvalue weighted by Gasteiger charge is -2.23. The molecule has 0 atom stereocenters. The van der Waals surface area contributed by atoms with Crippen LogP contribution in [0.3, 0.4) is 0 Å². The fraction of sp³-hybridized carbons (Fsp3) is 0.381. The summed E-state index contributed by atoms with van der Waals surface area (Å²) in [7, 11) is 0. The zero-order valence-corrected chi connectivity index (χ0v) is 16.8. The van der Waals surface area contributed by atoms with E-state index in [9.17, 15) is 5.11 Å². The first-order chi connectivity index (χ1) is 13.3. The Balaban J connectivity index is 1.92. The van der Waals surface area contributed by atoms with Crippen molar-refractivity contribution in [3.8, 4) is 0 Å². The Morgan fingerprint density at radius 2 is 2.18 bits per heavy atom. The van der Waals surface area contributed by atoms with Crippen molar-refractivity contribution in [2.45, 2.75) is 45.6 Å². The summed E-state index contributed by atoms with van der Waals surface area (Å²) < 4.78 is 6.00. The maximum atomic E-state index is 9.88. The molecule has 0 aromatic rings. The summed E-state index contributed by atoms with van der Waals surface area (Å²) in [5, 5.41) is 15.8. The van der Waals surface area contributed by atoms with Crippen LogP contribution in [0.25, 0.3) is 0 Å². The van der Waals surface area contributed by atoms with Crippen LogP contribution in [0.5, 0.6) is 0 Å². The highest BCUT2D eigenvalue weighted by Crippen LogP contribution is 2.19. The van der Waals surface area contributed by atoms with E-state index >= 15 is 0 Å². The van der Waals surface area contributed by atoms with Crippen molar-refractivity contribution < 1.29 is 9.84 Å². The number of rotatable bonds is 8. The number of hydrogen-bond donors (Lipinski definition) is 2. The molecule has 7 nitrogen and oxygen atoms in total. The van der Waals surface area contributed by atoms with Gasteiger partial charge in [0.25, 0.3) is 0 Å². The van der Waals surface area contributed by atoms with E-state index in [2.05, 4.69) is 21.7 Å². The number of allylic oxidation sites excluding steroid dienone is 6. The molecule has 2 rings (SSSR count). The van der Waals surface area contributed by atoms with Crippen molar-refractivity contribution in [1.82, 2.24) is 5.01 Å². The van der Waals surface area contributed by atoms with Crippen LogP contribution < -0.4 is 5.73 Å². The van der Waals surface area contributed by atoms with E-state index in [4.69, 9.17) is 10.5 Å². The second-order valence-corrected chi connectivity index (χ2v) is 7.14. The molecule has 0 aromatic carbocycles. The van der Waals surface area contributed by atoms with Crippen LogP contribution in [-0.4, -0.2) is 40.4 Å². The number of hydrazone groups is 1. The minimum atomic E-state index is -0.851. The van der Waals surface area contributed by atoms with Crippen LogP contribution in [0, 0.1) is 0 Å². The van der Waals surface area contributed by atoms with Gasteiger partial charge in [0.15, 0.2) is 0 Å². The molecule has 0 aliphatic carbocycles. The van der Waals surface area contributed by atoms with E-state index in [1.165, 1.54) is 0 Å². The Morgan fingerprint density at radius 1 is 1.39 bits per heavy atom. The molecule has 0 aromatic heterocycles. The molecule has 28 heavy (non-hydrogen) atoms. The van der Waals surface area contributed by atoms with Gasteiger partial charge in [-0.25, -0.2) is 4.99 Å². The molecule has 0 spiro atoms. The predicted octanol–water partition coefficient (Wildman–Crippen LogP) is 3.39. The van der Waals surface area contributed by atoms with E-state index in [1.807, 2.05) is 31.2 Å². The van der Waals surface area contributed by atoms with E-state index in [0.717, 1.165) is 17.2 Å². The third-order valence-corrected chi connectivity index (χ3v) is 3.85. The van der Waals surface area contributed by atoms with E-state index < -0.39 is 5.60 Å². The first-order valence-corrected chi connectivity index (χ1v) is 9.22. The summed E-state index contributed by atoms with van der Waals surface area (Å²) in [6, 6.07) is 0. The summed E-state index contributed by atoms with van der Waals surface area (Å²) >= 11 is 0. The van der Waals surface area contributed by atoms with Crippen LogP contribution in [-0.2, 0) is 4.74 Å². The first kappa shape index (κ1) is 21.4. The molecule has 2 heterocycles. The molecule has 0 saturated heterocycles. The third kappa shape index (κ3) is 7.36. The number of hydrogen-bond acceptors (Lipinski definition) is 7. The van der Waals surface area contributed by atoms with Crippen LogP contribution >= 0.6 is 0 Å². The Labute approximate surface area is 166 Å². The molecule has 0 bridgehead atoms. The van der Waals surface area contributed by atoms with Crippen molar-refractivity contribution in [1.29, 1.82) is 0 Å². The number of ether oxygens (including phenoxy) is 1. The average molecular weight is 383 g/mol. The van der Waals surface area contributed by atoms with Crippen molar-refractivity contribution >= 4 is 18.1 Å². The van der Waals surface area contributed by atoms with Gasteiger partial charge in [-0.05, 0) is 45.4 Å². The van der Waals surface area contributed by atoms with Gasteiger partial charge in [-0.2, -0.15) is 5.10 Å². The highest BCUT2D eigenvalue weighted by Gasteiger charge is 2.15. The molecular formula is C21H29N5O2. The highest BCUT2D eigenvalue weighted by atomic mass is 16.5. The van der Waals surface area contributed by atoms with Crippen molar-refractivity contribution in [2.75, 3.05) is 6.54 Å². The number of nitrogens with two attached hydrogens (primary N) is 1. The van der Waals surface area contributed by atoms with Gasteiger partial charge in [-0.1, -0.05) is 12.7 Å². The molecule has 150 valence electrons. The molecular weight excluding hydrogens is 354 g/mol. The normalized spacial score (nSPS) is 17.6. The molecule has 0 fully saturated rings. The fourth-order valence-corrected chi connectivity index (χ4v) is 2.54. The van der Waals surface area contributed by atoms with Gasteiger partial charge in [-0.15, -0.1) is 0 Å². The third-order valence-electron chi connectivity index (χ3n) is 3.85. The summed E-state index contributed by atoms with van der Waals surface area (Å²) in [5.74, 6) is 2.00. The second kappa shape index (κ2) is 9.85. The highest BCUT2D eigenvalue weighted by molar-refractivity contribution is 5.97. The maximum absolute atomic E-state index is 9.88. The molecule has 3 N–H and O–H groups in total. The largest absolute Gasteiger partial charge is 0.460 e. The fourth-order valence-electron chi connectivity index (χ4n) is 2.54. The molecule has 2 aliphatic heterocycles. The topological polar surface area (TPSA) is 95.8 Å². The van der Waals surface area contributed by atoms with E-state index in [1.54, 1.807) is 37.5 Å². The summed E-state index contributed by atoms with van der Waals surface area (Å²) in [6.07, 6.45) is 14.6. The number of aliphatic hydroxyl groups is 1. The number of aliphatic imine (C=N–C) groups is 2. The predicted molar refractivity (Wildman–Crippen MR) is 115 cm³/mol. The quantitative estimate of drug-likeness (QED) is 0.496. The smallest absolute Gasteiger partial charge is 0.144 e. The van der Waals surface area contributed by atoms with Gasteiger partial charge < -0.3 is 15.6 Å². The summed E-state index contributed by atoms with van der Waals surface area (Å²) in [5.41, 5.74) is 6.56. The molecule has 7 heteroatoms. The Kier molecular flexibility index (Phi) is 7.52. The van der Waals surface area contributed by atoms with Gasteiger partial charge in [0.05, 0.1) is 17.9 Å². The van der Waals surface area contributed by atoms with Crippen molar-refractivity contribution in [3.63, 3.8) is 0 Å². The summed E-state index contributed by atoms with van der Waals surface area (Å²) in [6.45, 7) is 9.41. The SMILES string of the molecule is C=CN(CC(C)(C)O)/N=C\CC1=CCC(OC2=CCC=C(N)N=C2C)=CC=N1. The lowest BCUT2D eigenvalue weighted by Crippen LogP contribution is -2.32. The van der Waals surface area contributed by atoms with Crippen LogP contribution in [0.4, 0.5) is 0 Å². The minimum absolute atomic E-state index is 0.365. The molecule has 0 amide bonds. The Bertz CT molecular complexity index is 792. The van der Waals surface area contributed by atoms with Gasteiger partial charge in [-0.3, -0.25) is 10.0 Å². The molecule has 0 saturated carbocycles. The molecule has 2 aliphatic rings. The van der Waals surface area contributed by atoms with Gasteiger partial charge >= 0.3 is 0 Å². The van der Waals surface area contributed by atoms with E-state index in [-0.39, 0.29) is 0 Å². The lowest BCUT2D eigenvalue weighted by molar-refractivity contribution is 0.0516. The van der Waals surface area contributed by atoms with E-state index in [0.29, 0.717) is 37.4 Å². The average Bonchev–Trinajstić information content (AvgIpc) is 2.92. The Hall–Kier alpha value is -2.93. The molecule has 0 unspecified atom stereocenters. The van der Waals surface area contributed by atoms with Crippen LogP contribution in [0.1, 0.15) is 40.0 Å². The van der Waals surface area contributed by atoms with Crippen LogP contribution in [0.2, 0.25) is 0 Å². The van der Waals surface area contributed by atoms with Crippen molar-refractivity contribution in [2.24, 2.45) is 20.8 Å². The second-order valence-electron chi connectivity index (χ2n) is 7.14. The zero-order valence-electron chi connectivity index (χ0n) is 16.8. The van der Waals surface area contributed by atoms with Gasteiger partial charge in [0.1, 0.15) is 17.3 Å². The van der Waals surface area contributed by atoms with Gasteiger partial charge in [0.2, 0.25) is 0 Å². The van der Waals surface area contributed by atoms with Crippen LogP contribution in [0.15, 0.2) is 75.2 Å². The van der Waals surface area contributed by atoms with Gasteiger partial charge in [0, 0.05) is 37.2 Å². The first-order valence-electron chi connectivity index (χ1n) is 9.22. The standard InChI is InChI=1S/C21H29N5O2/c1-5-26(15-21(3,4)27)24-14-11-17-9-10-18(12-13-23-17)28-19-7-6-8-20(22)25-16(19)2/h5,7-9,12-14,27H,1,6,10-11,15,22H2,2-4H3/b24-14-. The minimum Gasteiger partial charge on any atom is -0.460 e. The lowest BCUT2D eigenvalue weighted by atomic mass is 10.1. The summed E-state index contributed by atoms with van der Waals surface area (Å²) in [4.78, 5) is 8.72. The Morgan fingerprint density at radius 3 is 2.89 bits per heavy atom.